The Hall–Kier alpha value is -0.570. The monoisotopic (exact) mass is 446 g/mol. The van der Waals surface area contributed by atoms with E-state index in [0.29, 0.717) is 16.7 Å². The van der Waals surface area contributed by atoms with Gasteiger partial charge >= 0.3 is 5.97 Å². The lowest BCUT2D eigenvalue weighted by atomic mass is 9.44. The normalized spacial score (nSPS) is 44.5. The Labute approximate surface area is 197 Å². The summed E-state index contributed by atoms with van der Waals surface area (Å²) in [7, 11) is 0. The van der Waals surface area contributed by atoms with Crippen molar-refractivity contribution < 1.29 is 14.6 Å². The zero-order chi connectivity index (χ0) is 23.1. The third-order valence-electron chi connectivity index (χ3n) is 11.2. The molecule has 0 bridgehead atoms. The zero-order valence-corrected chi connectivity index (χ0v) is 21.6. The summed E-state index contributed by atoms with van der Waals surface area (Å²) < 4.78 is 5.55. The van der Waals surface area contributed by atoms with E-state index >= 15 is 0 Å². The van der Waals surface area contributed by atoms with Crippen LogP contribution in [0.1, 0.15) is 112 Å². The van der Waals surface area contributed by atoms with Crippen molar-refractivity contribution in [2.24, 2.45) is 52.3 Å². The summed E-state index contributed by atoms with van der Waals surface area (Å²) in [5, 5.41) is 9.07. The lowest BCUT2D eigenvalue weighted by Crippen LogP contribution is -2.54. The molecule has 0 radical (unpaired) electrons. The second-order valence-corrected chi connectivity index (χ2v) is 13.2. The van der Waals surface area contributed by atoms with Gasteiger partial charge in [-0.2, -0.15) is 0 Å². The summed E-state index contributed by atoms with van der Waals surface area (Å²) in [5.41, 5.74) is 0.989. The van der Waals surface area contributed by atoms with E-state index in [4.69, 9.17) is 9.84 Å². The van der Waals surface area contributed by atoms with Crippen molar-refractivity contribution in [2.75, 3.05) is 6.61 Å². The van der Waals surface area contributed by atoms with Crippen LogP contribution >= 0.6 is 0 Å². The number of aliphatic hydroxyl groups is 1. The minimum atomic E-state index is -0.486. The molecule has 0 aliphatic heterocycles. The molecule has 0 aromatic carbocycles. The molecule has 0 amide bonds. The SMILES string of the molecule is CC(C)CCC[C@@H](C)[C@H]1CC[C@H]2[C@@H]3CCC4C[C@@H](OC(=O)CO)CC[C@]4(C)[C@H]3CC[C@]12C. The summed E-state index contributed by atoms with van der Waals surface area (Å²) in [5.74, 6) is 5.60. The van der Waals surface area contributed by atoms with Gasteiger partial charge in [0, 0.05) is 0 Å². The highest BCUT2D eigenvalue weighted by molar-refractivity contribution is 5.70. The van der Waals surface area contributed by atoms with Gasteiger partial charge in [0.25, 0.3) is 0 Å². The first kappa shape index (κ1) is 24.6. The Morgan fingerprint density at radius 2 is 1.66 bits per heavy atom. The Bertz CT molecular complexity index is 659. The van der Waals surface area contributed by atoms with Gasteiger partial charge in [-0.15, -0.1) is 0 Å². The van der Waals surface area contributed by atoms with E-state index in [1.165, 1.54) is 64.2 Å². The Balaban J connectivity index is 1.42. The van der Waals surface area contributed by atoms with Crippen molar-refractivity contribution in [3.8, 4) is 0 Å². The van der Waals surface area contributed by atoms with Crippen LogP contribution in [0.4, 0.5) is 0 Å². The van der Waals surface area contributed by atoms with Gasteiger partial charge in [0.05, 0.1) is 0 Å². The molecule has 1 unspecified atom stereocenters. The van der Waals surface area contributed by atoms with E-state index in [9.17, 15) is 4.79 Å². The smallest absolute Gasteiger partial charge is 0.332 e. The number of fused-ring (bicyclic) bond motifs is 5. The van der Waals surface area contributed by atoms with E-state index in [-0.39, 0.29) is 6.10 Å². The van der Waals surface area contributed by atoms with Crippen LogP contribution in [-0.2, 0) is 9.53 Å². The maximum atomic E-state index is 11.6. The topological polar surface area (TPSA) is 46.5 Å². The number of carbonyl (C=O) groups is 1. The fourth-order valence-corrected chi connectivity index (χ4v) is 9.57. The summed E-state index contributed by atoms with van der Waals surface area (Å²) in [6, 6.07) is 0. The molecule has 4 aliphatic rings. The van der Waals surface area contributed by atoms with Crippen molar-refractivity contribution in [1.29, 1.82) is 0 Å². The number of hydrogen-bond donors (Lipinski definition) is 1. The molecular formula is C29H50O3. The average molecular weight is 447 g/mol. The molecule has 4 rings (SSSR count). The molecule has 4 saturated carbocycles. The molecule has 9 atom stereocenters. The molecule has 4 aliphatic carbocycles. The molecule has 0 aromatic heterocycles. The second-order valence-electron chi connectivity index (χ2n) is 13.2. The quantitative estimate of drug-likeness (QED) is 0.428. The molecule has 0 heterocycles. The van der Waals surface area contributed by atoms with Gasteiger partial charge in [0.15, 0.2) is 0 Å². The van der Waals surface area contributed by atoms with E-state index < -0.39 is 12.6 Å². The highest BCUT2D eigenvalue weighted by Gasteiger charge is 2.60. The summed E-state index contributed by atoms with van der Waals surface area (Å²) in [6.07, 6.45) is 15.9. The van der Waals surface area contributed by atoms with Crippen molar-refractivity contribution in [3.05, 3.63) is 0 Å². The van der Waals surface area contributed by atoms with Crippen LogP contribution in [0.25, 0.3) is 0 Å². The number of aliphatic hydroxyl groups excluding tert-OH is 1. The molecular weight excluding hydrogens is 396 g/mol. The van der Waals surface area contributed by atoms with E-state index in [1.807, 2.05) is 0 Å². The van der Waals surface area contributed by atoms with Crippen LogP contribution in [-0.4, -0.2) is 23.8 Å². The maximum absolute atomic E-state index is 11.6. The average Bonchev–Trinajstić information content (AvgIpc) is 3.11. The van der Waals surface area contributed by atoms with Crippen LogP contribution in [0.2, 0.25) is 0 Å². The number of esters is 1. The van der Waals surface area contributed by atoms with Gasteiger partial charge in [-0.25, -0.2) is 4.79 Å². The third kappa shape index (κ3) is 4.41. The summed E-state index contributed by atoms with van der Waals surface area (Å²) >= 11 is 0. The number of carbonyl (C=O) groups excluding carboxylic acids is 1. The molecule has 4 fully saturated rings. The van der Waals surface area contributed by atoms with Crippen LogP contribution < -0.4 is 0 Å². The largest absolute Gasteiger partial charge is 0.461 e. The fraction of sp³-hybridized carbons (Fsp3) is 0.966. The van der Waals surface area contributed by atoms with Crippen LogP contribution in [0.15, 0.2) is 0 Å². The Kier molecular flexibility index (Phi) is 7.36. The molecule has 0 spiro atoms. The standard InChI is InChI=1S/C29H50O3/c1-19(2)7-6-8-20(3)24-11-12-25-23-10-9-21-17-22(32-27(31)18-30)13-15-28(21,4)26(23)14-16-29(24,25)5/h19-26,30H,6-18H2,1-5H3/t20-,21?,22+,23+,24-,25+,26+,28+,29-/m1/s1. The minimum absolute atomic E-state index is 0.0284. The third-order valence-corrected chi connectivity index (χ3v) is 11.2. The summed E-state index contributed by atoms with van der Waals surface area (Å²) in [4.78, 5) is 11.6. The van der Waals surface area contributed by atoms with Gasteiger partial charge in [0.2, 0.25) is 0 Å². The number of rotatable bonds is 7. The number of ether oxygens (including phenoxy) is 1. The van der Waals surface area contributed by atoms with Gasteiger partial charge in [-0.05, 0) is 110 Å². The molecule has 184 valence electrons. The lowest BCUT2D eigenvalue weighted by Gasteiger charge is -2.61. The maximum Gasteiger partial charge on any atom is 0.332 e. The summed E-state index contributed by atoms with van der Waals surface area (Å²) in [6.45, 7) is 12.1. The van der Waals surface area contributed by atoms with Crippen molar-refractivity contribution in [3.63, 3.8) is 0 Å². The molecule has 0 saturated heterocycles. The number of hydrogen-bond acceptors (Lipinski definition) is 3. The van der Waals surface area contributed by atoms with Gasteiger partial charge in [0.1, 0.15) is 12.7 Å². The predicted octanol–water partition coefficient (Wildman–Crippen LogP) is 7.01. The van der Waals surface area contributed by atoms with Gasteiger partial charge in [-0.1, -0.05) is 53.9 Å². The molecule has 1 N–H and O–H groups in total. The molecule has 3 nitrogen and oxygen atoms in total. The molecule has 0 aromatic rings. The molecule has 3 heteroatoms. The Morgan fingerprint density at radius 3 is 2.38 bits per heavy atom. The fourth-order valence-electron chi connectivity index (χ4n) is 9.57. The first-order valence-electron chi connectivity index (χ1n) is 14.0. The van der Waals surface area contributed by atoms with Gasteiger partial charge in [-0.3, -0.25) is 0 Å². The van der Waals surface area contributed by atoms with Crippen molar-refractivity contribution >= 4 is 5.97 Å². The first-order valence-corrected chi connectivity index (χ1v) is 14.0. The second kappa shape index (κ2) is 9.59. The van der Waals surface area contributed by atoms with E-state index in [0.717, 1.165) is 48.3 Å². The molecule has 32 heavy (non-hydrogen) atoms. The predicted molar refractivity (Wildman–Crippen MR) is 130 cm³/mol. The van der Waals surface area contributed by atoms with Crippen LogP contribution in [0, 0.1) is 52.3 Å². The van der Waals surface area contributed by atoms with Crippen LogP contribution in [0.5, 0.6) is 0 Å². The lowest BCUT2D eigenvalue weighted by molar-refractivity contribution is -0.165. The van der Waals surface area contributed by atoms with E-state index in [2.05, 4.69) is 34.6 Å². The highest BCUT2D eigenvalue weighted by Crippen LogP contribution is 2.68. The first-order chi connectivity index (χ1) is 15.2. The Morgan fingerprint density at radius 1 is 0.938 bits per heavy atom. The minimum Gasteiger partial charge on any atom is -0.461 e. The van der Waals surface area contributed by atoms with E-state index in [1.54, 1.807) is 0 Å². The van der Waals surface area contributed by atoms with Crippen LogP contribution in [0.3, 0.4) is 0 Å². The van der Waals surface area contributed by atoms with Crippen molar-refractivity contribution in [1.82, 2.24) is 0 Å². The van der Waals surface area contributed by atoms with Gasteiger partial charge < -0.3 is 9.84 Å². The zero-order valence-electron chi connectivity index (χ0n) is 21.6. The van der Waals surface area contributed by atoms with Crippen molar-refractivity contribution in [2.45, 2.75) is 118 Å². The highest BCUT2D eigenvalue weighted by atomic mass is 16.6.